The third kappa shape index (κ3) is 2.95. The molecule has 1 rings (SSSR count). The number of unbranched alkanes of at least 4 members (excludes halogenated alkanes) is 1. The second-order valence-electron chi connectivity index (χ2n) is 4.05. The number of hydrogen-bond donors (Lipinski definition) is 1. The Labute approximate surface area is 71.7 Å². The van der Waals surface area contributed by atoms with Crippen molar-refractivity contribution < 1.29 is 0 Å². The zero-order valence-electron chi connectivity index (χ0n) is 7.95. The highest BCUT2D eigenvalue weighted by Crippen LogP contribution is 2.27. The SMILES string of the molecule is CCCCN[Si]1(C)CCCC1. The lowest BCUT2D eigenvalue weighted by molar-refractivity contribution is 0.751. The lowest BCUT2D eigenvalue weighted by atomic mass is 10.3. The molecule has 0 aromatic heterocycles. The molecule has 66 valence electrons. The zero-order chi connectivity index (χ0) is 8.16. The predicted molar refractivity (Wildman–Crippen MR) is 53.4 cm³/mol. The van der Waals surface area contributed by atoms with Crippen LogP contribution in [0.5, 0.6) is 0 Å². The van der Waals surface area contributed by atoms with Gasteiger partial charge in [-0.2, -0.15) is 0 Å². The maximum atomic E-state index is 3.80. The lowest BCUT2D eigenvalue weighted by Crippen LogP contribution is -2.45. The Kier molecular flexibility index (Phi) is 3.59. The molecule has 1 N–H and O–H groups in total. The van der Waals surface area contributed by atoms with Crippen LogP contribution in [0, 0.1) is 0 Å². The van der Waals surface area contributed by atoms with Gasteiger partial charge in [0.05, 0.1) is 0 Å². The number of rotatable bonds is 4. The van der Waals surface area contributed by atoms with Crippen LogP contribution >= 0.6 is 0 Å². The fourth-order valence-electron chi connectivity index (χ4n) is 1.90. The first kappa shape index (κ1) is 9.27. The Morgan fingerprint density at radius 3 is 2.45 bits per heavy atom. The van der Waals surface area contributed by atoms with Gasteiger partial charge < -0.3 is 4.98 Å². The van der Waals surface area contributed by atoms with Gasteiger partial charge in [0.15, 0.2) is 0 Å². The third-order valence-electron chi connectivity index (χ3n) is 2.79. The summed E-state index contributed by atoms with van der Waals surface area (Å²) in [6.07, 6.45) is 5.67. The van der Waals surface area contributed by atoms with E-state index in [2.05, 4.69) is 18.5 Å². The van der Waals surface area contributed by atoms with Gasteiger partial charge in [-0.15, -0.1) is 0 Å². The summed E-state index contributed by atoms with van der Waals surface area (Å²) in [5, 5.41) is 0. The highest BCUT2D eigenvalue weighted by molar-refractivity contribution is 6.76. The summed E-state index contributed by atoms with van der Waals surface area (Å²) in [5.41, 5.74) is 0. The van der Waals surface area contributed by atoms with Gasteiger partial charge in [0, 0.05) is 0 Å². The highest BCUT2D eigenvalue weighted by atomic mass is 28.3. The van der Waals surface area contributed by atoms with Crippen LogP contribution in [0.25, 0.3) is 0 Å². The molecule has 0 spiro atoms. The fourth-order valence-corrected chi connectivity index (χ4v) is 5.34. The summed E-state index contributed by atoms with van der Waals surface area (Å²) < 4.78 is 0. The average molecular weight is 171 g/mol. The van der Waals surface area contributed by atoms with E-state index >= 15 is 0 Å². The van der Waals surface area contributed by atoms with Gasteiger partial charge in [-0.1, -0.05) is 32.7 Å². The maximum Gasteiger partial charge on any atom is 0.122 e. The molecule has 0 aromatic carbocycles. The Balaban J connectivity index is 2.13. The van der Waals surface area contributed by atoms with E-state index in [0.29, 0.717) is 0 Å². The van der Waals surface area contributed by atoms with E-state index in [4.69, 9.17) is 0 Å². The van der Waals surface area contributed by atoms with Crippen molar-refractivity contribution in [1.82, 2.24) is 4.98 Å². The molecule has 0 radical (unpaired) electrons. The van der Waals surface area contributed by atoms with E-state index in [-0.39, 0.29) is 0 Å². The van der Waals surface area contributed by atoms with Crippen LogP contribution in [0.1, 0.15) is 32.6 Å². The van der Waals surface area contributed by atoms with Gasteiger partial charge in [0.2, 0.25) is 0 Å². The molecule has 0 aliphatic carbocycles. The Morgan fingerprint density at radius 2 is 1.91 bits per heavy atom. The molecule has 1 aliphatic heterocycles. The van der Waals surface area contributed by atoms with Crippen LogP contribution < -0.4 is 4.98 Å². The van der Waals surface area contributed by atoms with Crippen molar-refractivity contribution in [3.63, 3.8) is 0 Å². The summed E-state index contributed by atoms with van der Waals surface area (Å²) in [4.78, 5) is 3.80. The van der Waals surface area contributed by atoms with Crippen molar-refractivity contribution in [2.75, 3.05) is 6.54 Å². The molecular weight excluding hydrogens is 150 g/mol. The molecule has 0 aromatic rings. The minimum Gasteiger partial charge on any atom is -0.337 e. The fraction of sp³-hybridized carbons (Fsp3) is 1.00. The van der Waals surface area contributed by atoms with Crippen LogP contribution in [0.3, 0.4) is 0 Å². The van der Waals surface area contributed by atoms with Crippen molar-refractivity contribution in [2.24, 2.45) is 0 Å². The Morgan fingerprint density at radius 1 is 1.27 bits per heavy atom. The van der Waals surface area contributed by atoms with Crippen molar-refractivity contribution in [1.29, 1.82) is 0 Å². The van der Waals surface area contributed by atoms with Gasteiger partial charge in [-0.3, -0.25) is 0 Å². The quantitative estimate of drug-likeness (QED) is 0.506. The molecular formula is C9H21NSi. The van der Waals surface area contributed by atoms with Crippen molar-refractivity contribution >= 4 is 8.24 Å². The first-order valence-corrected chi connectivity index (χ1v) is 7.93. The molecule has 0 atom stereocenters. The molecule has 1 fully saturated rings. The smallest absolute Gasteiger partial charge is 0.122 e. The molecule has 1 aliphatic rings. The van der Waals surface area contributed by atoms with Crippen molar-refractivity contribution in [3.05, 3.63) is 0 Å². The third-order valence-corrected chi connectivity index (χ3v) is 6.81. The molecule has 2 heteroatoms. The van der Waals surface area contributed by atoms with E-state index in [9.17, 15) is 0 Å². The summed E-state index contributed by atoms with van der Waals surface area (Å²) >= 11 is 0. The van der Waals surface area contributed by atoms with Crippen LogP contribution in [0.15, 0.2) is 0 Å². The maximum absolute atomic E-state index is 3.80. The van der Waals surface area contributed by atoms with Crippen molar-refractivity contribution in [2.45, 2.75) is 51.2 Å². The average Bonchev–Trinajstić information content (AvgIpc) is 2.38. The van der Waals surface area contributed by atoms with Crippen LogP contribution in [0.4, 0.5) is 0 Å². The summed E-state index contributed by atoms with van der Waals surface area (Å²) in [7, 11) is -0.873. The van der Waals surface area contributed by atoms with Crippen LogP contribution in [0.2, 0.25) is 18.6 Å². The molecule has 11 heavy (non-hydrogen) atoms. The van der Waals surface area contributed by atoms with E-state index in [1.165, 1.54) is 44.3 Å². The van der Waals surface area contributed by atoms with Gasteiger partial charge in [0.1, 0.15) is 8.24 Å². The van der Waals surface area contributed by atoms with E-state index < -0.39 is 8.24 Å². The second kappa shape index (κ2) is 4.26. The minimum absolute atomic E-state index is 0.873. The largest absolute Gasteiger partial charge is 0.337 e. The normalized spacial score (nSPS) is 22.4. The Bertz CT molecular complexity index is 108. The molecule has 0 unspecified atom stereocenters. The lowest BCUT2D eigenvalue weighted by Gasteiger charge is -2.22. The predicted octanol–water partition coefficient (Wildman–Crippen LogP) is 2.75. The van der Waals surface area contributed by atoms with Gasteiger partial charge in [-0.25, -0.2) is 0 Å². The molecule has 1 saturated heterocycles. The zero-order valence-corrected chi connectivity index (χ0v) is 8.95. The summed E-state index contributed by atoms with van der Waals surface area (Å²) in [5.74, 6) is 0. The standard InChI is InChI=1S/C9H21NSi/c1-3-4-7-10-11(2)8-5-6-9-11/h10H,3-9H2,1-2H3. The van der Waals surface area contributed by atoms with Crippen LogP contribution in [-0.4, -0.2) is 14.8 Å². The topological polar surface area (TPSA) is 12.0 Å². The molecule has 1 heterocycles. The van der Waals surface area contributed by atoms with Gasteiger partial charge in [0.25, 0.3) is 0 Å². The number of nitrogens with one attached hydrogen (secondary N) is 1. The van der Waals surface area contributed by atoms with Crippen LogP contribution in [-0.2, 0) is 0 Å². The van der Waals surface area contributed by atoms with Gasteiger partial charge >= 0.3 is 0 Å². The van der Waals surface area contributed by atoms with E-state index in [0.717, 1.165) is 0 Å². The summed E-state index contributed by atoms with van der Waals surface area (Å²) in [6.45, 7) is 6.05. The van der Waals surface area contributed by atoms with Gasteiger partial charge in [-0.05, 0) is 25.1 Å². The Hall–Kier alpha value is 0.177. The number of hydrogen-bond acceptors (Lipinski definition) is 1. The molecule has 0 saturated carbocycles. The van der Waals surface area contributed by atoms with Crippen molar-refractivity contribution in [3.8, 4) is 0 Å². The first-order valence-electron chi connectivity index (χ1n) is 5.02. The summed E-state index contributed by atoms with van der Waals surface area (Å²) in [6, 6.07) is 3.05. The van der Waals surface area contributed by atoms with E-state index in [1.54, 1.807) is 0 Å². The minimum atomic E-state index is -0.873. The monoisotopic (exact) mass is 171 g/mol. The molecule has 0 amide bonds. The molecule has 0 bridgehead atoms. The molecule has 1 nitrogen and oxygen atoms in total. The second-order valence-corrected chi connectivity index (χ2v) is 8.52. The highest BCUT2D eigenvalue weighted by Gasteiger charge is 2.30. The van der Waals surface area contributed by atoms with E-state index in [1.807, 2.05) is 0 Å². The first-order chi connectivity index (χ1) is 5.27.